The number of ether oxygens (including phenoxy) is 1. The molecule has 0 saturated heterocycles. The van der Waals surface area contributed by atoms with Crippen LogP contribution in [0.2, 0.25) is 0 Å². The number of amides is 5. The summed E-state index contributed by atoms with van der Waals surface area (Å²) in [5.74, 6) is -0.658. The summed E-state index contributed by atoms with van der Waals surface area (Å²) in [6, 6.07) is 7.26. The van der Waals surface area contributed by atoms with Crippen molar-refractivity contribution in [3.05, 3.63) is 35.9 Å². The van der Waals surface area contributed by atoms with Gasteiger partial charge in [-0.3, -0.25) is 15.4 Å². The van der Waals surface area contributed by atoms with E-state index in [2.05, 4.69) is 0 Å². The highest BCUT2D eigenvalue weighted by Crippen LogP contribution is 2.03. The lowest BCUT2D eigenvalue weighted by Crippen LogP contribution is -2.47. The molecule has 5 amide bonds. The zero-order chi connectivity index (χ0) is 14.3. The van der Waals surface area contributed by atoms with E-state index in [1.807, 2.05) is 35.6 Å². The van der Waals surface area contributed by atoms with Crippen molar-refractivity contribution in [2.24, 2.45) is 5.73 Å². The first kappa shape index (κ1) is 14.7. The van der Waals surface area contributed by atoms with Crippen LogP contribution in [0.3, 0.4) is 0 Å². The summed E-state index contributed by atoms with van der Waals surface area (Å²) in [7, 11) is 0. The van der Waals surface area contributed by atoms with Gasteiger partial charge >= 0.3 is 12.1 Å². The van der Waals surface area contributed by atoms with Gasteiger partial charge in [0.15, 0.2) is 0 Å². The number of nitrogens with one attached hydrogen (secondary N) is 2. The van der Waals surface area contributed by atoms with E-state index in [1.165, 1.54) is 6.92 Å². The molecule has 1 aromatic carbocycles. The van der Waals surface area contributed by atoms with Crippen molar-refractivity contribution in [3.8, 4) is 0 Å². The Morgan fingerprint density at radius 1 is 1.21 bits per heavy atom. The first-order chi connectivity index (χ1) is 8.99. The highest BCUT2D eigenvalue weighted by molar-refractivity contribution is 6.02. The molecule has 0 aliphatic heterocycles. The predicted molar refractivity (Wildman–Crippen MR) is 67.0 cm³/mol. The van der Waals surface area contributed by atoms with Crippen LogP contribution in [0.1, 0.15) is 12.5 Å². The highest BCUT2D eigenvalue weighted by atomic mass is 16.5. The Morgan fingerprint density at radius 3 is 2.42 bits per heavy atom. The van der Waals surface area contributed by atoms with E-state index >= 15 is 0 Å². The zero-order valence-corrected chi connectivity index (χ0v) is 10.4. The summed E-state index contributed by atoms with van der Waals surface area (Å²) in [5.41, 5.74) is 5.63. The van der Waals surface area contributed by atoms with Gasteiger partial charge in [-0.25, -0.2) is 9.59 Å². The van der Waals surface area contributed by atoms with Crippen molar-refractivity contribution in [2.45, 2.75) is 19.6 Å². The minimum Gasteiger partial charge on any atom is -0.364 e. The maximum absolute atomic E-state index is 11.5. The summed E-state index contributed by atoms with van der Waals surface area (Å²) in [6.45, 7) is 1.74. The molecule has 0 spiro atoms. The Morgan fingerprint density at radius 2 is 1.84 bits per heavy atom. The van der Waals surface area contributed by atoms with Gasteiger partial charge in [-0.15, -0.1) is 0 Å². The van der Waals surface area contributed by atoms with Gasteiger partial charge in [0.05, 0.1) is 6.61 Å². The molecule has 19 heavy (non-hydrogen) atoms. The van der Waals surface area contributed by atoms with Crippen molar-refractivity contribution in [1.29, 1.82) is 0 Å². The fraction of sp³-hybridized carbons (Fsp3) is 0.250. The molecule has 4 N–H and O–H groups in total. The predicted octanol–water partition coefficient (Wildman–Crippen LogP) is 0.496. The number of hydrogen-bond acceptors (Lipinski definition) is 4. The molecule has 1 rings (SSSR count). The van der Waals surface area contributed by atoms with E-state index in [1.54, 1.807) is 5.32 Å². The van der Waals surface area contributed by atoms with Crippen molar-refractivity contribution in [2.75, 3.05) is 0 Å². The maximum atomic E-state index is 11.5. The number of benzene rings is 1. The number of imide groups is 2. The van der Waals surface area contributed by atoms with Gasteiger partial charge in [0, 0.05) is 0 Å². The monoisotopic (exact) mass is 265 g/mol. The number of urea groups is 2. The third-order valence-electron chi connectivity index (χ3n) is 2.19. The molecular weight excluding hydrogens is 250 g/mol. The van der Waals surface area contributed by atoms with Gasteiger partial charge < -0.3 is 10.5 Å². The van der Waals surface area contributed by atoms with Gasteiger partial charge in [-0.2, -0.15) is 0 Å². The fourth-order valence-electron chi connectivity index (χ4n) is 1.23. The van der Waals surface area contributed by atoms with Crippen molar-refractivity contribution in [1.82, 2.24) is 10.6 Å². The summed E-state index contributed by atoms with van der Waals surface area (Å²) in [5, 5.41) is 3.65. The third-order valence-corrected chi connectivity index (χ3v) is 2.19. The molecule has 0 bridgehead atoms. The number of primary amides is 1. The van der Waals surface area contributed by atoms with Crippen LogP contribution < -0.4 is 16.4 Å². The molecular formula is C12H15N3O4. The van der Waals surface area contributed by atoms with E-state index in [0.717, 1.165) is 5.56 Å². The molecule has 1 atom stereocenters. The number of nitrogens with two attached hydrogens (primary N) is 1. The van der Waals surface area contributed by atoms with Crippen LogP contribution >= 0.6 is 0 Å². The number of carbonyl (C=O) groups excluding carboxylic acids is 3. The van der Waals surface area contributed by atoms with Gasteiger partial charge in [0.1, 0.15) is 6.10 Å². The lowest BCUT2D eigenvalue weighted by atomic mass is 10.2. The van der Waals surface area contributed by atoms with Crippen LogP contribution in [0.25, 0.3) is 0 Å². The van der Waals surface area contributed by atoms with Crippen LogP contribution in [0.15, 0.2) is 30.3 Å². The minimum atomic E-state index is -1.04. The molecule has 0 fully saturated rings. The van der Waals surface area contributed by atoms with Crippen LogP contribution in [0.4, 0.5) is 9.59 Å². The number of rotatable bonds is 4. The van der Waals surface area contributed by atoms with E-state index in [0.29, 0.717) is 0 Å². The molecule has 102 valence electrons. The number of carbonyl (C=O) groups is 3. The van der Waals surface area contributed by atoms with Crippen molar-refractivity contribution >= 4 is 18.0 Å². The summed E-state index contributed by atoms with van der Waals surface area (Å²) < 4.78 is 5.29. The molecule has 0 heterocycles. The maximum Gasteiger partial charge on any atom is 0.329 e. The Balaban J connectivity index is 2.36. The second-order valence-electron chi connectivity index (χ2n) is 3.75. The van der Waals surface area contributed by atoms with E-state index in [9.17, 15) is 14.4 Å². The summed E-state index contributed by atoms with van der Waals surface area (Å²) in [4.78, 5) is 32.9. The van der Waals surface area contributed by atoms with Gasteiger partial charge in [-0.05, 0) is 12.5 Å². The van der Waals surface area contributed by atoms with E-state index in [4.69, 9.17) is 10.5 Å². The third kappa shape index (κ3) is 5.64. The molecule has 0 saturated carbocycles. The van der Waals surface area contributed by atoms with Gasteiger partial charge in [0.25, 0.3) is 5.91 Å². The quantitative estimate of drug-likeness (QED) is 0.736. The highest BCUT2D eigenvalue weighted by Gasteiger charge is 2.16. The van der Waals surface area contributed by atoms with Crippen molar-refractivity contribution in [3.63, 3.8) is 0 Å². The Hall–Kier alpha value is -2.41. The Bertz CT molecular complexity index is 461. The standard InChI is InChI=1S/C12H15N3O4/c1-8(10(16)14-12(18)15-11(13)17)19-7-9-5-3-2-4-6-9/h2-6,8H,7H2,1H3,(H4,13,14,15,16,17,18). The summed E-state index contributed by atoms with van der Waals surface area (Å²) in [6.07, 6.45) is -0.834. The van der Waals surface area contributed by atoms with Crippen LogP contribution in [0, 0.1) is 0 Å². The van der Waals surface area contributed by atoms with Crippen LogP contribution in [-0.4, -0.2) is 24.1 Å². The number of hydrogen-bond donors (Lipinski definition) is 3. The van der Waals surface area contributed by atoms with Crippen LogP contribution in [0.5, 0.6) is 0 Å². The average molecular weight is 265 g/mol. The van der Waals surface area contributed by atoms with E-state index in [-0.39, 0.29) is 6.61 Å². The molecule has 0 aliphatic rings. The molecule has 7 heteroatoms. The lowest BCUT2D eigenvalue weighted by molar-refractivity contribution is -0.131. The SMILES string of the molecule is CC(OCc1ccccc1)C(=O)NC(=O)NC(N)=O. The largest absolute Gasteiger partial charge is 0.364 e. The second kappa shape index (κ2) is 7.12. The zero-order valence-electron chi connectivity index (χ0n) is 10.4. The van der Waals surface area contributed by atoms with Gasteiger partial charge in [-0.1, -0.05) is 30.3 Å². The Labute approximate surface area is 110 Å². The molecule has 0 aliphatic carbocycles. The molecule has 1 aromatic rings. The summed E-state index contributed by atoms with van der Waals surface area (Å²) >= 11 is 0. The van der Waals surface area contributed by atoms with E-state index < -0.39 is 24.1 Å². The Kier molecular flexibility index (Phi) is 5.49. The van der Waals surface area contributed by atoms with Gasteiger partial charge in [0.2, 0.25) is 0 Å². The topological polar surface area (TPSA) is 111 Å². The normalized spacial score (nSPS) is 11.4. The fourth-order valence-corrected chi connectivity index (χ4v) is 1.23. The minimum absolute atomic E-state index is 0.243. The first-order valence-electron chi connectivity index (χ1n) is 5.56. The average Bonchev–Trinajstić information content (AvgIpc) is 2.36. The first-order valence-corrected chi connectivity index (χ1v) is 5.56. The smallest absolute Gasteiger partial charge is 0.329 e. The van der Waals surface area contributed by atoms with Crippen molar-refractivity contribution < 1.29 is 19.1 Å². The molecule has 7 nitrogen and oxygen atoms in total. The molecule has 0 aromatic heterocycles. The molecule has 1 unspecified atom stereocenters. The lowest BCUT2D eigenvalue weighted by Gasteiger charge is -2.12. The second-order valence-corrected chi connectivity index (χ2v) is 3.75. The molecule has 0 radical (unpaired) electrons. The van der Waals surface area contributed by atoms with Crippen LogP contribution in [-0.2, 0) is 16.1 Å².